The van der Waals surface area contributed by atoms with Crippen molar-refractivity contribution in [1.29, 1.82) is 0 Å². The molecule has 3 atom stereocenters. The lowest BCUT2D eigenvalue weighted by atomic mass is 10.0. The average molecular weight is 856 g/mol. The van der Waals surface area contributed by atoms with Crippen LogP contribution in [0, 0.1) is 0 Å². The zero-order chi connectivity index (χ0) is 44.4. The van der Waals surface area contributed by atoms with Crippen molar-refractivity contribution < 1.29 is 20.1 Å². The SMILES string of the molecule is CCCCCCCCCCCCC/C=C/CC/C=C/CC/C=C/C(O)C(CO)NC(=O)CC(O)CCCCCCCCCCC/C=C\CCCCCCCCCCCCCC. The zero-order valence-electron chi connectivity index (χ0n) is 40.8. The molecule has 0 rings (SSSR count). The minimum atomic E-state index is -0.962. The van der Waals surface area contributed by atoms with E-state index in [1.165, 1.54) is 212 Å². The van der Waals surface area contributed by atoms with Crippen LogP contribution < -0.4 is 5.32 Å². The van der Waals surface area contributed by atoms with E-state index in [9.17, 15) is 20.1 Å². The van der Waals surface area contributed by atoms with Gasteiger partial charge >= 0.3 is 0 Å². The number of aliphatic hydroxyl groups excluding tert-OH is 3. The van der Waals surface area contributed by atoms with Crippen molar-refractivity contribution in [2.24, 2.45) is 0 Å². The van der Waals surface area contributed by atoms with Crippen LogP contribution >= 0.6 is 0 Å². The summed E-state index contributed by atoms with van der Waals surface area (Å²) < 4.78 is 0. The van der Waals surface area contributed by atoms with Gasteiger partial charge in [-0.25, -0.2) is 0 Å². The van der Waals surface area contributed by atoms with E-state index in [2.05, 4.69) is 55.6 Å². The molecule has 0 saturated heterocycles. The first-order valence-corrected chi connectivity index (χ1v) is 26.9. The van der Waals surface area contributed by atoms with Crippen LogP contribution in [0.3, 0.4) is 0 Å². The van der Waals surface area contributed by atoms with E-state index >= 15 is 0 Å². The lowest BCUT2D eigenvalue weighted by molar-refractivity contribution is -0.124. The molecule has 4 N–H and O–H groups in total. The average Bonchev–Trinajstić information content (AvgIpc) is 3.25. The molecule has 1 amide bonds. The van der Waals surface area contributed by atoms with Crippen molar-refractivity contribution in [3.63, 3.8) is 0 Å². The molecule has 0 bridgehead atoms. The van der Waals surface area contributed by atoms with Gasteiger partial charge < -0.3 is 20.6 Å². The van der Waals surface area contributed by atoms with Gasteiger partial charge in [-0.2, -0.15) is 0 Å². The van der Waals surface area contributed by atoms with Crippen molar-refractivity contribution in [2.45, 2.75) is 295 Å². The molecule has 0 radical (unpaired) electrons. The maximum Gasteiger partial charge on any atom is 0.222 e. The summed E-state index contributed by atoms with van der Waals surface area (Å²) in [6.07, 6.45) is 67.2. The quantitative estimate of drug-likeness (QED) is 0.0362. The van der Waals surface area contributed by atoms with E-state index in [1.807, 2.05) is 6.08 Å². The number of aliphatic hydroxyl groups is 3. The summed E-state index contributed by atoms with van der Waals surface area (Å²) in [4.78, 5) is 12.5. The zero-order valence-corrected chi connectivity index (χ0v) is 40.8. The minimum absolute atomic E-state index is 0.000857. The van der Waals surface area contributed by atoms with Crippen molar-refractivity contribution >= 4 is 5.91 Å². The maximum absolute atomic E-state index is 12.5. The highest BCUT2D eigenvalue weighted by molar-refractivity contribution is 5.76. The molecule has 5 nitrogen and oxygen atoms in total. The molecule has 0 aromatic carbocycles. The van der Waals surface area contributed by atoms with E-state index in [-0.39, 0.29) is 18.9 Å². The lowest BCUT2D eigenvalue weighted by Gasteiger charge is -2.21. The Hall–Kier alpha value is -1.69. The first-order valence-electron chi connectivity index (χ1n) is 26.9. The molecule has 0 aliphatic rings. The van der Waals surface area contributed by atoms with Gasteiger partial charge in [0.1, 0.15) is 0 Å². The van der Waals surface area contributed by atoms with Crippen molar-refractivity contribution in [3.05, 3.63) is 48.6 Å². The van der Waals surface area contributed by atoms with Crippen molar-refractivity contribution in [3.8, 4) is 0 Å². The Kier molecular flexibility index (Phi) is 49.5. The molecule has 0 saturated carbocycles. The van der Waals surface area contributed by atoms with E-state index in [0.29, 0.717) is 6.42 Å². The van der Waals surface area contributed by atoms with Crippen LogP contribution in [0.25, 0.3) is 0 Å². The summed E-state index contributed by atoms with van der Waals surface area (Å²) in [6, 6.07) is -0.770. The number of amides is 1. The fraction of sp³-hybridized carbons (Fsp3) is 0.839. The van der Waals surface area contributed by atoms with Crippen LogP contribution in [-0.2, 0) is 4.79 Å². The molecule has 0 aliphatic carbocycles. The number of rotatable bonds is 49. The molecule has 0 aromatic heterocycles. The van der Waals surface area contributed by atoms with Gasteiger partial charge in [-0.3, -0.25) is 4.79 Å². The van der Waals surface area contributed by atoms with Crippen LogP contribution in [0.4, 0.5) is 0 Å². The maximum atomic E-state index is 12.5. The fourth-order valence-electron chi connectivity index (χ4n) is 8.19. The predicted molar refractivity (Wildman–Crippen MR) is 268 cm³/mol. The first-order chi connectivity index (χ1) is 30.0. The molecule has 61 heavy (non-hydrogen) atoms. The number of carbonyl (C=O) groups excluding carboxylic acids is 1. The van der Waals surface area contributed by atoms with Gasteiger partial charge in [-0.1, -0.05) is 249 Å². The minimum Gasteiger partial charge on any atom is -0.394 e. The Balaban J connectivity index is 3.65. The van der Waals surface area contributed by atoms with Gasteiger partial charge in [-0.15, -0.1) is 0 Å². The Labute approximate surface area is 380 Å². The highest BCUT2D eigenvalue weighted by Gasteiger charge is 2.20. The van der Waals surface area contributed by atoms with E-state index in [4.69, 9.17) is 0 Å². The highest BCUT2D eigenvalue weighted by Crippen LogP contribution is 2.16. The fourth-order valence-corrected chi connectivity index (χ4v) is 8.19. The van der Waals surface area contributed by atoms with Gasteiger partial charge in [-0.05, 0) is 70.6 Å². The molecule has 5 heteroatoms. The Bertz CT molecular complexity index is 989. The van der Waals surface area contributed by atoms with Crippen LogP contribution in [0.15, 0.2) is 48.6 Å². The molecule has 358 valence electrons. The standard InChI is InChI=1S/C56H105NO4/c1-3-5-7-9-11-13-15-17-19-21-23-25-26-27-28-30-31-33-35-37-39-41-43-45-47-49-53(59)51-56(61)57-54(52-58)55(60)50-48-46-44-42-40-38-36-34-32-29-24-22-20-18-16-14-12-10-8-6-4-2/h27-28,32,34,40,42,48,50,53-55,58-60H,3-26,29-31,33,35-39,41,43-47,49,51-52H2,1-2H3,(H,57,61)/b28-27-,34-32+,42-40+,50-48+. The summed E-state index contributed by atoms with van der Waals surface area (Å²) in [5, 5.41) is 33.4. The predicted octanol–water partition coefficient (Wildman–Crippen LogP) is 16.4. The molecular formula is C56H105NO4. The third kappa shape index (κ3) is 47.6. The number of unbranched alkanes of at least 4 members (excludes halogenated alkanes) is 34. The summed E-state index contributed by atoms with van der Waals surface area (Å²) >= 11 is 0. The molecular weight excluding hydrogens is 751 g/mol. The van der Waals surface area contributed by atoms with Crippen LogP contribution in [0.5, 0.6) is 0 Å². The molecule has 0 aromatic rings. The number of nitrogens with one attached hydrogen (secondary N) is 1. The van der Waals surface area contributed by atoms with Crippen molar-refractivity contribution in [2.75, 3.05) is 6.61 Å². The summed E-state index contributed by atoms with van der Waals surface area (Å²) in [5.41, 5.74) is 0. The molecule has 0 heterocycles. The van der Waals surface area contributed by atoms with E-state index in [0.717, 1.165) is 38.5 Å². The van der Waals surface area contributed by atoms with E-state index < -0.39 is 18.2 Å². The monoisotopic (exact) mass is 856 g/mol. The van der Waals surface area contributed by atoms with Crippen molar-refractivity contribution in [1.82, 2.24) is 5.32 Å². The normalized spacial score (nSPS) is 13.7. The van der Waals surface area contributed by atoms with Crippen LogP contribution in [0.2, 0.25) is 0 Å². The van der Waals surface area contributed by atoms with Gasteiger partial charge in [0.2, 0.25) is 5.91 Å². The van der Waals surface area contributed by atoms with Gasteiger partial charge in [0.15, 0.2) is 0 Å². The molecule has 0 spiro atoms. The Morgan fingerprint density at radius 2 is 0.705 bits per heavy atom. The molecule has 0 aliphatic heterocycles. The smallest absolute Gasteiger partial charge is 0.222 e. The topological polar surface area (TPSA) is 89.8 Å². The van der Waals surface area contributed by atoms with Gasteiger partial charge in [0.05, 0.1) is 31.3 Å². The number of allylic oxidation sites excluding steroid dienone is 7. The first kappa shape index (κ1) is 59.3. The number of hydrogen-bond donors (Lipinski definition) is 4. The molecule has 3 unspecified atom stereocenters. The highest BCUT2D eigenvalue weighted by atomic mass is 16.3. The second-order valence-electron chi connectivity index (χ2n) is 18.5. The second kappa shape index (κ2) is 50.9. The second-order valence-corrected chi connectivity index (χ2v) is 18.5. The van der Waals surface area contributed by atoms with Crippen LogP contribution in [-0.4, -0.2) is 46.1 Å². The number of carbonyl (C=O) groups is 1. The third-order valence-electron chi connectivity index (χ3n) is 12.3. The van der Waals surface area contributed by atoms with Gasteiger partial charge in [0, 0.05) is 0 Å². The summed E-state index contributed by atoms with van der Waals surface area (Å²) in [7, 11) is 0. The Morgan fingerprint density at radius 1 is 0.410 bits per heavy atom. The molecule has 0 fully saturated rings. The third-order valence-corrected chi connectivity index (χ3v) is 12.3. The van der Waals surface area contributed by atoms with Gasteiger partial charge in [0.25, 0.3) is 0 Å². The Morgan fingerprint density at radius 3 is 1.05 bits per heavy atom. The summed E-state index contributed by atoms with van der Waals surface area (Å²) in [5.74, 6) is -0.329. The van der Waals surface area contributed by atoms with Crippen LogP contribution in [0.1, 0.15) is 277 Å². The number of hydrogen-bond acceptors (Lipinski definition) is 4. The van der Waals surface area contributed by atoms with E-state index in [1.54, 1.807) is 6.08 Å². The lowest BCUT2D eigenvalue weighted by Crippen LogP contribution is -2.45. The summed E-state index contributed by atoms with van der Waals surface area (Å²) in [6.45, 7) is 4.22. The largest absolute Gasteiger partial charge is 0.394 e.